The van der Waals surface area contributed by atoms with Crippen LogP contribution in [0.3, 0.4) is 0 Å². The van der Waals surface area contributed by atoms with Gasteiger partial charge in [-0.25, -0.2) is 13.1 Å². The maximum absolute atomic E-state index is 12.5. The van der Waals surface area contributed by atoms with Gasteiger partial charge in [0.1, 0.15) is 4.90 Å². The molecule has 5 nitrogen and oxygen atoms in total. The summed E-state index contributed by atoms with van der Waals surface area (Å²) in [7, 11) is -3.59. The number of nitrogens with two attached hydrogens (primary N) is 1. The first kappa shape index (κ1) is 14.1. The molecular formula is C13H18ClN3O2S. The number of anilines is 1. The molecule has 2 aliphatic rings. The summed E-state index contributed by atoms with van der Waals surface area (Å²) in [6, 6.07) is 4.78. The Morgan fingerprint density at radius 1 is 1.30 bits per heavy atom. The maximum atomic E-state index is 12.5. The van der Waals surface area contributed by atoms with Gasteiger partial charge in [0.2, 0.25) is 10.0 Å². The first-order chi connectivity index (χ1) is 9.47. The zero-order valence-corrected chi connectivity index (χ0v) is 12.6. The normalized spacial score (nSPS) is 26.9. The van der Waals surface area contributed by atoms with Gasteiger partial charge in [-0.3, -0.25) is 4.90 Å². The average Bonchev–Trinajstić information content (AvgIpc) is 2.93. The van der Waals surface area contributed by atoms with E-state index in [0.717, 1.165) is 32.4 Å². The average molecular weight is 316 g/mol. The molecule has 0 spiro atoms. The Hall–Kier alpha value is -0.820. The highest BCUT2D eigenvalue weighted by Crippen LogP contribution is 2.30. The smallest absolute Gasteiger partial charge is 0.242 e. The van der Waals surface area contributed by atoms with Crippen molar-refractivity contribution in [3.05, 3.63) is 23.2 Å². The summed E-state index contributed by atoms with van der Waals surface area (Å²) >= 11 is 5.81. The van der Waals surface area contributed by atoms with Gasteiger partial charge in [-0.15, -0.1) is 0 Å². The number of hydrogen-bond donors (Lipinski definition) is 2. The summed E-state index contributed by atoms with van der Waals surface area (Å²) in [5.74, 6) is 0. The van der Waals surface area contributed by atoms with E-state index in [-0.39, 0.29) is 16.6 Å². The molecule has 2 fully saturated rings. The van der Waals surface area contributed by atoms with Crippen molar-refractivity contribution < 1.29 is 8.42 Å². The molecule has 1 aromatic rings. The van der Waals surface area contributed by atoms with Crippen LogP contribution in [0, 0.1) is 0 Å². The molecule has 3 N–H and O–H groups in total. The van der Waals surface area contributed by atoms with Crippen molar-refractivity contribution in [1.82, 2.24) is 9.62 Å². The van der Waals surface area contributed by atoms with Gasteiger partial charge in [0.05, 0.1) is 5.69 Å². The number of hydrogen-bond acceptors (Lipinski definition) is 4. The topological polar surface area (TPSA) is 75.4 Å². The lowest BCUT2D eigenvalue weighted by Gasteiger charge is -2.21. The predicted molar refractivity (Wildman–Crippen MR) is 79.2 cm³/mol. The van der Waals surface area contributed by atoms with Crippen LogP contribution >= 0.6 is 11.6 Å². The van der Waals surface area contributed by atoms with Gasteiger partial charge in [-0.05, 0) is 44.0 Å². The predicted octanol–water partition coefficient (Wildman–Crippen LogP) is 1.44. The third-order valence-corrected chi connectivity index (χ3v) is 5.97. The largest absolute Gasteiger partial charge is 0.398 e. The fraction of sp³-hybridized carbons (Fsp3) is 0.538. The second-order valence-electron chi connectivity index (χ2n) is 5.44. The van der Waals surface area contributed by atoms with Crippen molar-refractivity contribution in [3.8, 4) is 0 Å². The van der Waals surface area contributed by atoms with Crippen LogP contribution < -0.4 is 10.5 Å². The van der Waals surface area contributed by atoms with Crippen molar-refractivity contribution >= 4 is 27.3 Å². The van der Waals surface area contributed by atoms with Crippen molar-refractivity contribution in [2.45, 2.75) is 36.2 Å². The van der Waals surface area contributed by atoms with Gasteiger partial charge in [-0.1, -0.05) is 11.6 Å². The molecule has 2 aliphatic heterocycles. The molecule has 2 unspecified atom stereocenters. The van der Waals surface area contributed by atoms with E-state index in [1.54, 1.807) is 6.07 Å². The highest BCUT2D eigenvalue weighted by Gasteiger charge is 2.39. The zero-order valence-electron chi connectivity index (χ0n) is 11.0. The number of nitrogen functional groups attached to an aromatic ring is 1. The standard InChI is InChI=1S/C13H18ClN3O2S/c14-9-3-4-13(10(15)8-9)20(18,19)16-11-5-7-17-6-1-2-12(11)17/h3-4,8,11-12,16H,1-2,5-7,15H2. The van der Waals surface area contributed by atoms with E-state index < -0.39 is 10.0 Å². The lowest BCUT2D eigenvalue weighted by Crippen LogP contribution is -2.42. The van der Waals surface area contributed by atoms with Gasteiger partial charge in [-0.2, -0.15) is 0 Å². The summed E-state index contributed by atoms with van der Waals surface area (Å²) in [6.07, 6.45) is 3.06. The summed E-state index contributed by atoms with van der Waals surface area (Å²) in [5, 5.41) is 0.435. The minimum absolute atomic E-state index is 0.0161. The first-order valence-corrected chi connectivity index (χ1v) is 8.65. The number of halogens is 1. The van der Waals surface area contributed by atoms with Crippen LogP contribution in [-0.2, 0) is 10.0 Å². The molecule has 20 heavy (non-hydrogen) atoms. The Morgan fingerprint density at radius 2 is 2.10 bits per heavy atom. The van der Waals surface area contributed by atoms with Crippen molar-refractivity contribution in [2.24, 2.45) is 0 Å². The van der Waals surface area contributed by atoms with Crippen molar-refractivity contribution in [1.29, 1.82) is 0 Å². The van der Waals surface area contributed by atoms with Gasteiger partial charge in [0.15, 0.2) is 0 Å². The van der Waals surface area contributed by atoms with Gasteiger partial charge in [0, 0.05) is 23.7 Å². The Kier molecular flexibility index (Phi) is 3.66. The Bertz CT molecular complexity index is 620. The fourth-order valence-electron chi connectivity index (χ4n) is 3.25. The zero-order chi connectivity index (χ0) is 14.3. The molecule has 0 saturated carbocycles. The number of nitrogens with zero attached hydrogens (tertiary/aromatic N) is 1. The van der Waals surface area contributed by atoms with Gasteiger partial charge >= 0.3 is 0 Å². The molecule has 0 amide bonds. The molecule has 3 rings (SSSR count). The third-order valence-electron chi connectivity index (χ3n) is 4.17. The summed E-state index contributed by atoms with van der Waals surface area (Å²) in [6.45, 7) is 2.04. The van der Waals surface area contributed by atoms with Crippen LogP contribution in [0.15, 0.2) is 23.1 Å². The van der Waals surface area contributed by atoms with Gasteiger partial charge in [0.25, 0.3) is 0 Å². The van der Waals surface area contributed by atoms with Crippen LogP contribution in [-0.4, -0.2) is 38.5 Å². The first-order valence-electron chi connectivity index (χ1n) is 6.79. The van der Waals surface area contributed by atoms with Crippen LogP contribution in [0.1, 0.15) is 19.3 Å². The monoisotopic (exact) mass is 315 g/mol. The number of nitrogens with one attached hydrogen (secondary N) is 1. The van der Waals surface area contributed by atoms with Crippen LogP contribution in [0.25, 0.3) is 0 Å². The molecule has 1 aromatic carbocycles. The van der Waals surface area contributed by atoms with E-state index in [1.165, 1.54) is 12.1 Å². The lowest BCUT2D eigenvalue weighted by atomic mass is 10.1. The summed E-state index contributed by atoms with van der Waals surface area (Å²) in [4.78, 5) is 2.47. The SMILES string of the molecule is Nc1cc(Cl)ccc1S(=O)(=O)NC1CCN2CCCC12. The minimum Gasteiger partial charge on any atom is -0.398 e. The van der Waals surface area contributed by atoms with E-state index in [1.807, 2.05) is 0 Å². The fourth-order valence-corrected chi connectivity index (χ4v) is 4.84. The minimum atomic E-state index is -3.59. The molecule has 7 heteroatoms. The molecule has 110 valence electrons. The van der Waals surface area contributed by atoms with Crippen LogP contribution in [0.2, 0.25) is 5.02 Å². The second kappa shape index (κ2) is 5.18. The Balaban J connectivity index is 1.82. The van der Waals surface area contributed by atoms with E-state index in [0.29, 0.717) is 11.1 Å². The number of benzene rings is 1. The molecule has 2 heterocycles. The lowest BCUT2D eigenvalue weighted by molar-refractivity contribution is 0.309. The highest BCUT2D eigenvalue weighted by molar-refractivity contribution is 7.89. The Morgan fingerprint density at radius 3 is 2.85 bits per heavy atom. The number of rotatable bonds is 3. The molecule has 0 bridgehead atoms. The summed E-state index contributed by atoms with van der Waals surface area (Å²) < 4.78 is 27.7. The molecule has 0 aliphatic carbocycles. The van der Waals surface area contributed by atoms with Crippen LogP contribution in [0.5, 0.6) is 0 Å². The molecule has 0 aromatic heterocycles. The van der Waals surface area contributed by atoms with Crippen LogP contribution in [0.4, 0.5) is 5.69 Å². The molecular weight excluding hydrogens is 298 g/mol. The highest BCUT2D eigenvalue weighted by atomic mass is 35.5. The Labute approximate surface area is 124 Å². The molecule has 2 atom stereocenters. The molecule has 0 radical (unpaired) electrons. The van der Waals surface area contributed by atoms with Crippen molar-refractivity contribution in [2.75, 3.05) is 18.8 Å². The maximum Gasteiger partial charge on any atom is 0.242 e. The van der Waals surface area contributed by atoms with E-state index in [2.05, 4.69) is 9.62 Å². The van der Waals surface area contributed by atoms with E-state index >= 15 is 0 Å². The third kappa shape index (κ3) is 2.53. The second-order valence-corrected chi connectivity index (χ2v) is 7.56. The number of sulfonamides is 1. The van der Waals surface area contributed by atoms with Gasteiger partial charge < -0.3 is 5.73 Å². The van der Waals surface area contributed by atoms with Crippen molar-refractivity contribution in [3.63, 3.8) is 0 Å². The quantitative estimate of drug-likeness (QED) is 0.828. The number of fused-ring (bicyclic) bond motifs is 1. The molecule has 2 saturated heterocycles. The van der Waals surface area contributed by atoms with E-state index in [9.17, 15) is 8.42 Å². The van der Waals surface area contributed by atoms with E-state index in [4.69, 9.17) is 17.3 Å². The summed E-state index contributed by atoms with van der Waals surface area (Å²) in [5.41, 5.74) is 5.96.